The highest BCUT2D eigenvalue weighted by atomic mass is 16.5. The fourth-order valence-electron chi connectivity index (χ4n) is 4.42. The third kappa shape index (κ3) is 5.96. The zero-order valence-corrected chi connectivity index (χ0v) is 22.4. The number of aryl methyl sites for hydroxylation is 1. The fourth-order valence-corrected chi connectivity index (χ4v) is 4.42. The molecule has 0 unspecified atom stereocenters. The van der Waals surface area contributed by atoms with Gasteiger partial charge in [-0.05, 0) is 31.7 Å². The van der Waals surface area contributed by atoms with Crippen molar-refractivity contribution >= 4 is 28.8 Å². The first-order valence-corrected chi connectivity index (χ1v) is 12.7. The summed E-state index contributed by atoms with van der Waals surface area (Å²) in [7, 11) is 5.45. The van der Waals surface area contributed by atoms with Gasteiger partial charge >= 0.3 is 6.01 Å². The number of para-hydroxylation sites is 1. The normalized spacial score (nSPS) is 15.2. The first-order chi connectivity index (χ1) is 18.9. The summed E-state index contributed by atoms with van der Waals surface area (Å²) in [6.45, 7) is 3.64. The average molecular weight is 530 g/mol. The molecule has 1 aliphatic heterocycles. The van der Waals surface area contributed by atoms with E-state index >= 15 is 0 Å². The second-order valence-corrected chi connectivity index (χ2v) is 9.29. The molecule has 1 fully saturated rings. The SMILES string of the molecule is CCC(=O)c1cnc(Nc2ccnc(O[C@@H]3CCN(C)C3)n2)cc1Nc1cccc(-c2ncn(C)n2)c1OC. The molecule has 1 atom stereocenters. The number of rotatable bonds is 10. The number of carbonyl (C=O) groups excluding carboxylic acids is 1. The van der Waals surface area contributed by atoms with Crippen LogP contribution in [0.1, 0.15) is 30.1 Å². The van der Waals surface area contributed by atoms with Crippen molar-refractivity contribution < 1.29 is 14.3 Å². The molecule has 0 bridgehead atoms. The maximum absolute atomic E-state index is 12.8. The number of ketones is 1. The Labute approximate surface area is 226 Å². The lowest BCUT2D eigenvalue weighted by Gasteiger charge is -2.17. The van der Waals surface area contributed by atoms with Crippen LogP contribution < -0.4 is 20.1 Å². The topological polar surface area (TPSA) is 132 Å². The molecule has 12 nitrogen and oxygen atoms in total. The Morgan fingerprint density at radius 2 is 1.97 bits per heavy atom. The van der Waals surface area contributed by atoms with Crippen LogP contribution in [0.2, 0.25) is 0 Å². The van der Waals surface area contributed by atoms with Crippen LogP contribution in [0.15, 0.2) is 49.1 Å². The molecule has 0 spiro atoms. The van der Waals surface area contributed by atoms with E-state index in [1.807, 2.05) is 25.1 Å². The van der Waals surface area contributed by atoms with Gasteiger partial charge in [0.15, 0.2) is 17.4 Å². The van der Waals surface area contributed by atoms with E-state index in [-0.39, 0.29) is 11.9 Å². The predicted octanol–water partition coefficient (Wildman–Crippen LogP) is 3.84. The van der Waals surface area contributed by atoms with Gasteiger partial charge in [0.25, 0.3) is 0 Å². The summed E-state index contributed by atoms with van der Waals surface area (Å²) >= 11 is 0. The Morgan fingerprint density at radius 1 is 1.10 bits per heavy atom. The van der Waals surface area contributed by atoms with Gasteiger partial charge in [0.1, 0.15) is 24.1 Å². The molecular weight excluding hydrogens is 498 g/mol. The highest BCUT2D eigenvalue weighted by molar-refractivity contribution is 6.02. The molecule has 39 heavy (non-hydrogen) atoms. The van der Waals surface area contributed by atoms with Gasteiger partial charge in [0.05, 0.1) is 29.6 Å². The van der Waals surface area contributed by atoms with Gasteiger partial charge in [0, 0.05) is 45.0 Å². The number of aromatic nitrogens is 6. The van der Waals surface area contributed by atoms with Crippen molar-refractivity contribution in [3.63, 3.8) is 0 Å². The number of likely N-dealkylation sites (N-methyl/N-ethyl adjacent to an activating group) is 1. The fraction of sp³-hybridized carbons (Fsp3) is 0.333. The number of hydrogen-bond acceptors (Lipinski definition) is 11. The first kappa shape index (κ1) is 26.0. The summed E-state index contributed by atoms with van der Waals surface area (Å²) in [5.74, 6) is 2.07. The summed E-state index contributed by atoms with van der Waals surface area (Å²) in [5, 5.41) is 11.0. The average Bonchev–Trinajstić information content (AvgIpc) is 3.56. The number of hydrogen-bond donors (Lipinski definition) is 2. The first-order valence-electron chi connectivity index (χ1n) is 12.7. The number of anilines is 4. The highest BCUT2D eigenvalue weighted by Gasteiger charge is 2.22. The number of likely N-dealkylation sites (tertiary alicyclic amines) is 1. The molecule has 1 aliphatic rings. The minimum atomic E-state index is -0.0441. The Bertz CT molecular complexity index is 1470. The number of nitrogens with zero attached hydrogens (tertiary/aromatic N) is 7. The Kier molecular flexibility index (Phi) is 7.64. The van der Waals surface area contributed by atoms with Crippen molar-refractivity contribution in [3.05, 3.63) is 54.6 Å². The molecule has 2 N–H and O–H groups in total. The molecule has 202 valence electrons. The molecule has 3 aromatic heterocycles. The van der Waals surface area contributed by atoms with Gasteiger partial charge in [-0.15, -0.1) is 0 Å². The smallest absolute Gasteiger partial charge is 0.318 e. The van der Waals surface area contributed by atoms with Crippen LogP contribution in [-0.4, -0.2) is 73.8 Å². The van der Waals surface area contributed by atoms with Crippen molar-refractivity contribution in [1.82, 2.24) is 34.6 Å². The van der Waals surface area contributed by atoms with E-state index in [2.05, 4.69) is 47.6 Å². The summed E-state index contributed by atoms with van der Waals surface area (Å²) in [6.07, 6.45) is 6.15. The van der Waals surface area contributed by atoms with Crippen molar-refractivity contribution in [2.45, 2.75) is 25.9 Å². The Hall–Kier alpha value is -4.58. The Balaban J connectivity index is 1.43. The maximum Gasteiger partial charge on any atom is 0.318 e. The van der Waals surface area contributed by atoms with Crippen molar-refractivity contribution in [2.24, 2.45) is 7.05 Å². The van der Waals surface area contributed by atoms with E-state index < -0.39 is 0 Å². The molecular formula is C27H31N9O3. The third-order valence-electron chi connectivity index (χ3n) is 6.36. The zero-order valence-electron chi connectivity index (χ0n) is 22.4. The van der Waals surface area contributed by atoms with Crippen molar-refractivity contribution in [2.75, 3.05) is 37.9 Å². The van der Waals surface area contributed by atoms with Gasteiger partial charge < -0.3 is 25.0 Å². The van der Waals surface area contributed by atoms with E-state index in [0.717, 1.165) is 25.1 Å². The quantitative estimate of drug-likeness (QED) is 0.290. The van der Waals surface area contributed by atoms with Gasteiger partial charge in [-0.1, -0.05) is 13.0 Å². The Morgan fingerprint density at radius 3 is 2.69 bits per heavy atom. The largest absolute Gasteiger partial charge is 0.494 e. The number of methoxy groups -OCH3 is 1. The van der Waals surface area contributed by atoms with E-state index in [1.165, 1.54) is 0 Å². The van der Waals surface area contributed by atoms with Crippen LogP contribution in [0.25, 0.3) is 11.4 Å². The van der Waals surface area contributed by atoms with Crippen LogP contribution in [0.3, 0.4) is 0 Å². The summed E-state index contributed by atoms with van der Waals surface area (Å²) in [5.41, 5.74) is 2.41. The summed E-state index contributed by atoms with van der Waals surface area (Å²) in [4.78, 5) is 32.5. The molecule has 1 aromatic carbocycles. The van der Waals surface area contributed by atoms with Gasteiger partial charge in [0.2, 0.25) is 0 Å². The standard InChI is InChI=1S/C27H31N9O3/c1-5-22(37)19-14-29-24(32-23-9-11-28-27(33-23)39-17-10-12-35(2)15-17)13-21(19)31-20-8-6-7-18(25(20)38-4)26-30-16-36(3)34-26/h6-9,11,13-14,16-17H,5,10,12,15H2,1-4H3,(H2,28,29,31,32,33)/t17-/m1/s1. The zero-order chi connectivity index (χ0) is 27.4. The van der Waals surface area contributed by atoms with Gasteiger partial charge in [-0.3, -0.25) is 9.48 Å². The number of pyridine rings is 1. The van der Waals surface area contributed by atoms with E-state index in [1.54, 1.807) is 49.7 Å². The van der Waals surface area contributed by atoms with E-state index in [4.69, 9.17) is 9.47 Å². The molecule has 0 amide bonds. The third-order valence-corrected chi connectivity index (χ3v) is 6.36. The molecule has 4 aromatic rings. The van der Waals surface area contributed by atoms with Gasteiger partial charge in [-0.2, -0.15) is 10.1 Å². The highest BCUT2D eigenvalue weighted by Crippen LogP contribution is 2.37. The molecule has 12 heteroatoms. The minimum absolute atomic E-state index is 0.0441. The minimum Gasteiger partial charge on any atom is -0.494 e. The van der Waals surface area contributed by atoms with Crippen LogP contribution in [-0.2, 0) is 7.05 Å². The van der Waals surface area contributed by atoms with E-state index in [9.17, 15) is 4.79 Å². The second-order valence-electron chi connectivity index (χ2n) is 9.29. The number of carbonyl (C=O) groups is 1. The molecule has 0 saturated carbocycles. The molecule has 0 radical (unpaired) electrons. The number of benzene rings is 1. The van der Waals surface area contributed by atoms with Crippen LogP contribution in [0.4, 0.5) is 23.0 Å². The molecule has 1 saturated heterocycles. The predicted molar refractivity (Wildman–Crippen MR) is 147 cm³/mol. The van der Waals surface area contributed by atoms with Crippen LogP contribution in [0.5, 0.6) is 11.8 Å². The second kappa shape index (κ2) is 11.4. The molecule has 0 aliphatic carbocycles. The monoisotopic (exact) mass is 529 g/mol. The lowest BCUT2D eigenvalue weighted by Crippen LogP contribution is -2.22. The maximum atomic E-state index is 12.8. The van der Waals surface area contributed by atoms with Crippen molar-refractivity contribution in [1.29, 1.82) is 0 Å². The molecule has 5 rings (SSSR count). The lowest BCUT2D eigenvalue weighted by atomic mass is 10.1. The lowest BCUT2D eigenvalue weighted by molar-refractivity contribution is 0.0988. The van der Waals surface area contributed by atoms with Crippen molar-refractivity contribution in [3.8, 4) is 23.1 Å². The number of ether oxygens (including phenoxy) is 2. The van der Waals surface area contributed by atoms with E-state index in [0.29, 0.717) is 52.6 Å². The number of nitrogens with one attached hydrogen (secondary N) is 2. The molecule has 4 heterocycles. The van der Waals surface area contributed by atoms with Gasteiger partial charge in [-0.25, -0.2) is 15.0 Å². The van der Waals surface area contributed by atoms with Crippen LogP contribution in [0, 0.1) is 0 Å². The van der Waals surface area contributed by atoms with Crippen LogP contribution >= 0.6 is 0 Å². The number of Topliss-reactive ketones (excluding diaryl/α,β-unsaturated/α-hetero) is 1. The summed E-state index contributed by atoms with van der Waals surface area (Å²) < 4.78 is 13.3. The summed E-state index contributed by atoms with van der Waals surface area (Å²) in [6, 6.07) is 9.44.